The van der Waals surface area contributed by atoms with E-state index in [2.05, 4.69) is 29.8 Å². The number of aryl methyl sites for hydroxylation is 1. The zero-order chi connectivity index (χ0) is 23.6. The first-order valence-corrected chi connectivity index (χ1v) is 11.6. The van der Waals surface area contributed by atoms with E-state index in [-0.39, 0.29) is 17.4 Å². The minimum atomic E-state index is -1.01. The fraction of sp³-hybridized carbons (Fsp3) is 0.423. The molecule has 1 fully saturated rings. The van der Waals surface area contributed by atoms with E-state index in [4.69, 9.17) is 4.99 Å². The number of rotatable bonds is 3. The van der Waals surface area contributed by atoms with E-state index < -0.39 is 12.2 Å². The Hall–Kier alpha value is -3.19. The predicted molar refractivity (Wildman–Crippen MR) is 133 cm³/mol. The number of anilines is 2. The van der Waals surface area contributed by atoms with Gasteiger partial charge in [0.15, 0.2) is 0 Å². The first-order chi connectivity index (χ1) is 15.7. The summed E-state index contributed by atoms with van der Waals surface area (Å²) in [6.45, 7) is 7.42. The lowest BCUT2D eigenvalue weighted by molar-refractivity contribution is -0.119. The summed E-state index contributed by atoms with van der Waals surface area (Å²) in [4.78, 5) is 32.5. The van der Waals surface area contributed by atoms with Crippen molar-refractivity contribution in [1.29, 1.82) is 0 Å². The van der Waals surface area contributed by atoms with Gasteiger partial charge < -0.3 is 20.9 Å². The van der Waals surface area contributed by atoms with E-state index in [0.717, 1.165) is 48.3 Å². The van der Waals surface area contributed by atoms with Crippen LogP contribution < -0.4 is 20.9 Å². The number of likely N-dealkylation sites (N-methyl/N-ethyl adjacent to an activating group) is 1. The number of nitrogens with one attached hydrogen (secondary N) is 3. The van der Waals surface area contributed by atoms with Crippen molar-refractivity contribution in [2.75, 3.05) is 23.8 Å². The van der Waals surface area contributed by atoms with Crippen molar-refractivity contribution in [3.8, 4) is 0 Å². The fourth-order valence-electron chi connectivity index (χ4n) is 4.51. The molecule has 7 heteroatoms. The lowest BCUT2D eigenvalue weighted by Gasteiger charge is -2.22. The molecular weight excluding hydrogens is 414 g/mol. The molecule has 0 bridgehead atoms. The highest BCUT2D eigenvalue weighted by atomic mass is 16.2. The molecule has 3 amide bonds. The topological polar surface area (TPSA) is 85.8 Å². The molecule has 33 heavy (non-hydrogen) atoms. The maximum atomic E-state index is 13.3. The van der Waals surface area contributed by atoms with Gasteiger partial charge in [0.1, 0.15) is 0 Å². The molecule has 7 nitrogen and oxygen atoms in total. The summed E-state index contributed by atoms with van der Waals surface area (Å²) in [5.74, 6) is -0.272. The lowest BCUT2D eigenvalue weighted by Crippen LogP contribution is -2.47. The lowest BCUT2D eigenvalue weighted by atomic mass is 9.84. The Balaban J connectivity index is 1.64. The molecule has 174 valence electrons. The summed E-state index contributed by atoms with van der Waals surface area (Å²) < 4.78 is 0. The molecule has 0 aliphatic carbocycles. The molecule has 1 saturated heterocycles. The van der Waals surface area contributed by atoms with Gasteiger partial charge in [-0.05, 0) is 61.9 Å². The number of fused-ring (bicyclic) bond motifs is 1. The first kappa shape index (κ1) is 23.0. The van der Waals surface area contributed by atoms with Crippen LogP contribution in [0.2, 0.25) is 0 Å². The number of urea groups is 1. The molecule has 2 aromatic rings. The molecule has 2 heterocycles. The van der Waals surface area contributed by atoms with Crippen molar-refractivity contribution in [1.82, 2.24) is 10.6 Å². The molecule has 2 atom stereocenters. The number of hydrogen-bond acceptors (Lipinski definition) is 4. The Morgan fingerprint density at radius 3 is 2.73 bits per heavy atom. The molecule has 0 unspecified atom stereocenters. The molecule has 0 spiro atoms. The van der Waals surface area contributed by atoms with Crippen molar-refractivity contribution in [3.05, 3.63) is 59.7 Å². The molecular formula is C26H33N5O2. The van der Waals surface area contributed by atoms with Gasteiger partial charge in [-0.2, -0.15) is 0 Å². The van der Waals surface area contributed by atoms with E-state index >= 15 is 0 Å². The Morgan fingerprint density at radius 1 is 1.15 bits per heavy atom. The Morgan fingerprint density at radius 2 is 1.94 bits per heavy atom. The van der Waals surface area contributed by atoms with Crippen LogP contribution >= 0.6 is 0 Å². The SMILES string of the molecule is Cc1cccc(NC(=O)N[C@@H]2N=C([C@H]3CCC(C)(C)CCN3)c3ccccc3N(C)C2=O)c1. The van der Waals surface area contributed by atoms with E-state index in [1.165, 1.54) is 0 Å². The van der Waals surface area contributed by atoms with Crippen LogP contribution in [0, 0.1) is 12.3 Å². The summed E-state index contributed by atoms with van der Waals surface area (Å²) >= 11 is 0. The van der Waals surface area contributed by atoms with Crippen LogP contribution in [0.25, 0.3) is 0 Å². The van der Waals surface area contributed by atoms with Gasteiger partial charge in [0, 0.05) is 24.3 Å². The highest BCUT2D eigenvalue weighted by Crippen LogP contribution is 2.32. The zero-order valence-corrected chi connectivity index (χ0v) is 19.8. The van der Waals surface area contributed by atoms with Crippen LogP contribution in [0.1, 0.15) is 44.2 Å². The number of benzodiazepines with no additional fused rings is 1. The minimum Gasteiger partial charge on any atom is -0.311 e. The number of benzene rings is 2. The summed E-state index contributed by atoms with van der Waals surface area (Å²) in [7, 11) is 1.73. The second-order valence-electron chi connectivity index (χ2n) is 9.76. The molecule has 0 aromatic heterocycles. The quantitative estimate of drug-likeness (QED) is 0.663. The zero-order valence-electron chi connectivity index (χ0n) is 19.8. The van der Waals surface area contributed by atoms with Crippen molar-refractivity contribution < 1.29 is 9.59 Å². The normalized spacial score (nSPS) is 22.5. The second-order valence-corrected chi connectivity index (χ2v) is 9.76. The number of aliphatic imine (C=N–C) groups is 1. The third-order valence-electron chi connectivity index (χ3n) is 6.55. The highest BCUT2D eigenvalue weighted by molar-refractivity contribution is 6.15. The summed E-state index contributed by atoms with van der Waals surface area (Å²) in [5, 5.41) is 9.24. The number of carbonyl (C=O) groups is 2. The van der Waals surface area contributed by atoms with Crippen LogP contribution in [0.5, 0.6) is 0 Å². The molecule has 2 aliphatic rings. The third-order valence-corrected chi connectivity index (χ3v) is 6.55. The van der Waals surface area contributed by atoms with E-state index in [0.29, 0.717) is 5.69 Å². The van der Waals surface area contributed by atoms with E-state index in [1.54, 1.807) is 11.9 Å². The average molecular weight is 448 g/mol. The van der Waals surface area contributed by atoms with Gasteiger partial charge in [-0.1, -0.05) is 44.2 Å². The van der Waals surface area contributed by atoms with Crippen LogP contribution in [-0.2, 0) is 4.79 Å². The molecule has 4 rings (SSSR count). The van der Waals surface area contributed by atoms with Gasteiger partial charge >= 0.3 is 6.03 Å². The largest absolute Gasteiger partial charge is 0.321 e. The van der Waals surface area contributed by atoms with Gasteiger partial charge in [0.2, 0.25) is 6.17 Å². The standard InChI is InChI=1S/C26H33N5O2/c1-17-8-7-9-18(16-17)28-25(33)30-23-24(32)31(4)21-11-6-5-10-19(21)22(29-23)20-12-13-26(2,3)14-15-27-20/h5-11,16,20,23,27H,12-15H2,1-4H3,(H2,28,30,33)/t20-,23+/m1/s1. The predicted octanol–water partition coefficient (Wildman–Crippen LogP) is 4.08. The number of nitrogens with zero attached hydrogens (tertiary/aromatic N) is 2. The summed E-state index contributed by atoms with van der Waals surface area (Å²) in [6, 6.07) is 14.9. The first-order valence-electron chi connectivity index (χ1n) is 11.6. The minimum absolute atomic E-state index is 0.0105. The van der Waals surface area contributed by atoms with Crippen LogP contribution in [-0.4, -0.2) is 43.5 Å². The third kappa shape index (κ3) is 5.25. The number of amides is 3. The average Bonchev–Trinajstić information content (AvgIpc) is 3.01. The highest BCUT2D eigenvalue weighted by Gasteiger charge is 2.34. The van der Waals surface area contributed by atoms with Crippen molar-refractivity contribution in [2.45, 2.75) is 52.2 Å². The maximum absolute atomic E-state index is 13.3. The van der Waals surface area contributed by atoms with Crippen LogP contribution in [0.4, 0.5) is 16.2 Å². The van der Waals surface area contributed by atoms with E-state index in [1.807, 2.05) is 55.5 Å². The molecule has 2 aromatic carbocycles. The summed E-state index contributed by atoms with van der Waals surface area (Å²) in [6.07, 6.45) is 2.04. The Bertz CT molecular complexity index is 1080. The maximum Gasteiger partial charge on any atom is 0.321 e. The second kappa shape index (κ2) is 9.35. The number of carbonyl (C=O) groups excluding carboxylic acids is 2. The fourth-order valence-corrected chi connectivity index (χ4v) is 4.51. The van der Waals surface area contributed by atoms with Crippen LogP contribution in [0.15, 0.2) is 53.5 Å². The Kier molecular flexibility index (Phi) is 6.51. The number of hydrogen-bond donors (Lipinski definition) is 3. The number of para-hydroxylation sites is 1. The molecule has 2 aliphatic heterocycles. The van der Waals surface area contributed by atoms with E-state index in [9.17, 15) is 9.59 Å². The van der Waals surface area contributed by atoms with Gasteiger partial charge in [-0.3, -0.25) is 9.79 Å². The van der Waals surface area contributed by atoms with Crippen molar-refractivity contribution in [3.63, 3.8) is 0 Å². The molecule has 0 saturated carbocycles. The van der Waals surface area contributed by atoms with Gasteiger partial charge in [0.05, 0.1) is 11.4 Å². The monoisotopic (exact) mass is 447 g/mol. The smallest absolute Gasteiger partial charge is 0.311 e. The molecule has 3 N–H and O–H groups in total. The van der Waals surface area contributed by atoms with Gasteiger partial charge in [-0.25, -0.2) is 4.79 Å². The van der Waals surface area contributed by atoms with Gasteiger partial charge in [0.25, 0.3) is 5.91 Å². The summed E-state index contributed by atoms with van der Waals surface area (Å²) in [5.41, 5.74) is 4.51. The van der Waals surface area contributed by atoms with Crippen molar-refractivity contribution in [2.24, 2.45) is 10.4 Å². The van der Waals surface area contributed by atoms with Crippen molar-refractivity contribution >= 4 is 29.0 Å². The Labute approximate surface area is 195 Å². The molecule has 0 radical (unpaired) electrons. The van der Waals surface area contributed by atoms with Crippen LogP contribution in [0.3, 0.4) is 0 Å². The van der Waals surface area contributed by atoms with Gasteiger partial charge in [-0.15, -0.1) is 0 Å².